The van der Waals surface area contributed by atoms with Crippen molar-refractivity contribution in [3.63, 3.8) is 0 Å². The van der Waals surface area contributed by atoms with Crippen LogP contribution in [0.15, 0.2) is 48.5 Å². The van der Waals surface area contributed by atoms with Gasteiger partial charge >= 0.3 is 0 Å². The molecule has 3 nitrogen and oxygen atoms in total. The fourth-order valence-electron chi connectivity index (χ4n) is 1.76. The highest BCUT2D eigenvalue weighted by Crippen LogP contribution is 2.14. The number of halogens is 1. The highest BCUT2D eigenvalue weighted by atomic mass is 35.5. The Balaban J connectivity index is 2.20. The zero-order chi connectivity index (χ0) is 13.8. The summed E-state index contributed by atoms with van der Waals surface area (Å²) < 4.78 is 0. The summed E-state index contributed by atoms with van der Waals surface area (Å²) in [5.41, 5.74) is 7.46. The number of nitrogens with two attached hydrogens (primary N) is 1. The minimum atomic E-state index is -0.0500. The third kappa shape index (κ3) is 3.42. The molecular formula is C15H13ClN2O. The summed E-state index contributed by atoms with van der Waals surface area (Å²) in [4.78, 5) is 12.2. The number of hydrogen-bond acceptors (Lipinski definition) is 2. The van der Waals surface area contributed by atoms with Gasteiger partial charge in [0.1, 0.15) is 0 Å². The number of rotatable bonds is 4. The van der Waals surface area contributed by atoms with E-state index in [4.69, 9.17) is 22.7 Å². The second-order valence-electron chi connectivity index (χ2n) is 4.23. The van der Waals surface area contributed by atoms with Crippen LogP contribution in [0.2, 0.25) is 5.02 Å². The van der Waals surface area contributed by atoms with Gasteiger partial charge in [0.05, 0.1) is 5.84 Å². The van der Waals surface area contributed by atoms with E-state index in [0.717, 1.165) is 5.56 Å². The van der Waals surface area contributed by atoms with Crippen LogP contribution >= 0.6 is 11.6 Å². The molecule has 2 aromatic carbocycles. The van der Waals surface area contributed by atoms with Crippen LogP contribution in [0.1, 0.15) is 21.5 Å². The lowest BCUT2D eigenvalue weighted by Crippen LogP contribution is -2.12. The van der Waals surface area contributed by atoms with Gasteiger partial charge < -0.3 is 5.73 Å². The Labute approximate surface area is 116 Å². The van der Waals surface area contributed by atoms with E-state index in [1.54, 1.807) is 36.4 Å². The highest BCUT2D eigenvalue weighted by molar-refractivity contribution is 6.30. The van der Waals surface area contributed by atoms with Crippen LogP contribution in [0.5, 0.6) is 0 Å². The molecule has 2 aromatic rings. The molecule has 0 heterocycles. The Morgan fingerprint density at radius 1 is 1.00 bits per heavy atom. The number of ketones is 1. The third-order valence-electron chi connectivity index (χ3n) is 2.72. The van der Waals surface area contributed by atoms with E-state index in [2.05, 4.69) is 0 Å². The Kier molecular flexibility index (Phi) is 3.97. The Morgan fingerprint density at radius 2 is 1.47 bits per heavy atom. The maximum atomic E-state index is 12.2. The smallest absolute Gasteiger partial charge is 0.193 e. The molecule has 0 bridgehead atoms. The summed E-state index contributed by atoms with van der Waals surface area (Å²) >= 11 is 5.79. The van der Waals surface area contributed by atoms with Gasteiger partial charge in [0.25, 0.3) is 0 Å². The van der Waals surface area contributed by atoms with Gasteiger partial charge in [0.15, 0.2) is 5.78 Å². The van der Waals surface area contributed by atoms with E-state index < -0.39 is 0 Å². The van der Waals surface area contributed by atoms with Crippen molar-refractivity contribution in [2.45, 2.75) is 6.42 Å². The summed E-state index contributed by atoms with van der Waals surface area (Å²) in [5, 5.41) is 7.83. The van der Waals surface area contributed by atoms with Gasteiger partial charge in [-0.25, -0.2) is 0 Å². The first-order valence-electron chi connectivity index (χ1n) is 5.78. The molecule has 0 unspecified atom stereocenters. The Hall–Kier alpha value is -2.13. The first-order valence-corrected chi connectivity index (χ1v) is 6.16. The van der Waals surface area contributed by atoms with Crippen molar-refractivity contribution >= 4 is 23.2 Å². The van der Waals surface area contributed by atoms with Gasteiger partial charge in [-0.05, 0) is 29.8 Å². The molecular weight excluding hydrogens is 260 g/mol. The van der Waals surface area contributed by atoms with Gasteiger partial charge in [0.2, 0.25) is 0 Å². The highest BCUT2D eigenvalue weighted by Gasteiger charge is 2.08. The van der Waals surface area contributed by atoms with E-state index in [-0.39, 0.29) is 11.6 Å². The normalized spacial score (nSPS) is 10.2. The molecule has 0 saturated heterocycles. The molecule has 0 atom stereocenters. The molecule has 0 aromatic heterocycles. The summed E-state index contributed by atoms with van der Waals surface area (Å²) in [5.74, 6) is 0.0582. The molecule has 0 aliphatic rings. The molecule has 96 valence electrons. The van der Waals surface area contributed by atoms with E-state index in [0.29, 0.717) is 22.6 Å². The second kappa shape index (κ2) is 5.67. The molecule has 0 fully saturated rings. The van der Waals surface area contributed by atoms with Crippen LogP contribution in [-0.4, -0.2) is 11.6 Å². The second-order valence-corrected chi connectivity index (χ2v) is 4.67. The quantitative estimate of drug-likeness (QED) is 0.510. The van der Waals surface area contributed by atoms with E-state index in [1.165, 1.54) is 0 Å². The van der Waals surface area contributed by atoms with Crippen molar-refractivity contribution in [3.05, 3.63) is 70.2 Å². The van der Waals surface area contributed by atoms with E-state index in [1.807, 2.05) is 12.1 Å². The van der Waals surface area contributed by atoms with Crippen LogP contribution in [0, 0.1) is 5.41 Å². The lowest BCUT2D eigenvalue weighted by Gasteiger charge is -2.03. The largest absolute Gasteiger partial charge is 0.387 e. The summed E-state index contributed by atoms with van der Waals surface area (Å²) in [6.07, 6.45) is 0.398. The van der Waals surface area contributed by atoms with E-state index in [9.17, 15) is 4.79 Å². The number of hydrogen-bond donors (Lipinski definition) is 2. The molecule has 2 rings (SSSR count). The molecule has 4 heteroatoms. The van der Waals surface area contributed by atoms with Crippen molar-refractivity contribution in [1.29, 1.82) is 5.41 Å². The minimum absolute atomic E-state index is 0.0500. The average Bonchev–Trinajstić information content (AvgIpc) is 2.39. The zero-order valence-electron chi connectivity index (χ0n) is 10.2. The van der Waals surface area contributed by atoms with Gasteiger partial charge in [-0.3, -0.25) is 10.2 Å². The summed E-state index contributed by atoms with van der Waals surface area (Å²) in [6.45, 7) is 0. The minimum Gasteiger partial charge on any atom is -0.387 e. The molecule has 0 radical (unpaired) electrons. The first-order chi connectivity index (χ1) is 9.06. The standard InChI is InChI=1S/C15H13ClN2O/c16-13-7-5-12(6-8-13)15(19)11-3-1-10(2-4-11)9-14(17)18/h1-8H,9H2,(H3,17,18). The van der Waals surface area contributed by atoms with Crippen LogP contribution in [0.25, 0.3) is 0 Å². The predicted molar refractivity (Wildman–Crippen MR) is 76.9 cm³/mol. The van der Waals surface area contributed by atoms with Gasteiger partial charge in [0, 0.05) is 22.6 Å². The number of benzene rings is 2. The van der Waals surface area contributed by atoms with Gasteiger partial charge in [-0.1, -0.05) is 35.9 Å². The average molecular weight is 273 g/mol. The predicted octanol–water partition coefficient (Wildman–Crippen LogP) is 3.05. The maximum Gasteiger partial charge on any atom is 0.193 e. The lowest BCUT2D eigenvalue weighted by atomic mass is 10.0. The molecule has 0 saturated carbocycles. The van der Waals surface area contributed by atoms with E-state index >= 15 is 0 Å². The molecule has 0 amide bonds. The van der Waals surface area contributed by atoms with Crippen LogP contribution in [0.4, 0.5) is 0 Å². The van der Waals surface area contributed by atoms with Crippen molar-refractivity contribution < 1.29 is 4.79 Å². The van der Waals surface area contributed by atoms with Crippen molar-refractivity contribution in [3.8, 4) is 0 Å². The summed E-state index contributed by atoms with van der Waals surface area (Å²) in [7, 11) is 0. The van der Waals surface area contributed by atoms with Crippen LogP contribution < -0.4 is 5.73 Å². The molecule has 0 spiro atoms. The topological polar surface area (TPSA) is 66.9 Å². The monoisotopic (exact) mass is 272 g/mol. The molecule has 3 N–H and O–H groups in total. The molecule has 19 heavy (non-hydrogen) atoms. The zero-order valence-corrected chi connectivity index (χ0v) is 10.9. The fraction of sp³-hybridized carbons (Fsp3) is 0.0667. The fourth-order valence-corrected chi connectivity index (χ4v) is 1.89. The van der Waals surface area contributed by atoms with Crippen LogP contribution in [0.3, 0.4) is 0 Å². The number of carbonyl (C=O) groups is 1. The van der Waals surface area contributed by atoms with Crippen molar-refractivity contribution in [2.24, 2.45) is 5.73 Å². The van der Waals surface area contributed by atoms with Crippen molar-refractivity contribution in [1.82, 2.24) is 0 Å². The van der Waals surface area contributed by atoms with Gasteiger partial charge in [-0.2, -0.15) is 0 Å². The summed E-state index contributed by atoms with van der Waals surface area (Å²) in [6, 6.07) is 13.9. The number of carbonyl (C=O) groups excluding carboxylic acids is 1. The lowest BCUT2D eigenvalue weighted by molar-refractivity contribution is 0.103. The SMILES string of the molecule is N=C(N)Cc1ccc(C(=O)c2ccc(Cl)cc2)cc1. The molecule has 0 aliphatic heterocycles. The van der Waals surface area contributed by atoms with Gasteiger partial charge in [-0.15, -0.1) is 0 Å². The Bertz CT molecular complexity index is 603. The third-order valence-corrected chi connectivity index (χ3v) is 2.97. The number of amidine groups is 1. The van der Waals surface area contributed by atoms with Crippen LogP contribution in [-0.2, 0) is 6.42 Å². The maximum absolute atomic E-state index is 12.2. The Morgan fingerprint density at radius 3 is 1.95 bits per heavy atom. The number of nitrogens with one attached hydrogen (secondary N) is 1. The van der Waals surface area contributed by atoms with Crippen molar-refractivity contribution in [2.75, 3.05) is 0 Å². The first kappa shape index (κ1) is 13.3. The molecule has 0 aliphatic carbocycles.